The van der Waals surface area contributed by atoms with Crippen LogP contribution in [0.25, 0.3) is 5.65 Å². The molecule has 146 valence electrons. The first-order valence-electron chi connectivity index (χ1n) is 9.13. The van der Waals surface area contributed by atoms with Gasteiger partial charge in [0, 0.05) is 45.1 Å². The van der Waals surface area contributed by atoms with Gasteiger partial charge in [-0.3, -0.25) is 9.88 Å². The third-order valence-corrected chi connectivity index (χ3v) is 5.52. The number of likely N-dealkylation sites (tertiary alicyclic amines) is 1. The van der Waals surface area contributed by atoms with E-state index in [1.54, 1.807) is 12.3 Å². The molecule has 0 N–H and O–H groups in total. The second-order valence-corrected chi connectivity index (χ2v) is 7.46. The lowest BCUT2D eigenvalue weighted by molar-refractivity contribution is -0.146. The van der Waals surface area contributed by atoms with E-state index in [9.17, 15) is 13.2 Å². The Bertz CT molecular complexity index is 974. The van der Waals surface area contributed by atoms with Crippen LogP contribution in [0, 0.1) is 11.8 Å². The van der Waals surface area contributed by atoms with Gasteiger partial charge in [0.1, 0.15) is 5.82 Å². The molecule has 0 bridgehead atoms. The summed E-state index contributed by atoms with van der Waals surface area (Å²) in [7, 11) is 0. The normalized spacial score (nSPS) is 22.9. The summed E-state index contributed by atoms with van der Waals surface area (Å²) in [5.41, 5.74) is 1.29. The Morgan fingerprint density at radius 2 is 1.79 bits per heavy atom. The predicted octanol–water partition coefficient (Wildman–Crippen LogP) is 2.11. The fourth-order valence-electron chi connectivity index (χ4n) is 4.28. The standard InChI is InChI=1S/C18H18F3N7/c19-18(20,21)17-24-23-15-3-4-16(25-28(15)17)27-10-13-8-26(9-14(13)11-27)7-12-2-1-5-22-6-12/h1-6,13-14H,7-11H2. The first-order chi connectivity index (χ1) is 13.5. The zero-order valence-corrected chi connectivity index (χ0v) is 14.9. The van der Waals surface area contributed by atoms with E-state index in [1.807, 2.05) is 12.3 Å². The van der Waals surface area contributed by atoms with Gasteiger partial charge < -0.3 is 4.90 Å². The maximum Gasteiger partial charge on any atom is 0.453 e. The van der Waals surface area contributed by atoms with Crippen molar-refractivity contribution in [3.8, 4) is 0 Å². The molecule has 0 aromatic carbocycles. The van der Waals surface area contributed by atoms with Crippen molar-refractivity contribution in [3.63, 3.8) is 0 Å². The Hall–Kier alpha value is -2.75. The van der Waals surface area contributed by atoms with Crippen molar-refractivity contribution >= 4 is 11.5 Å². The Balaban J connectivity index is 1.30. The summed E-state index contributed by atoms with van der Waals surface area (Å²) < 4.78 is 40.0. The summed E-state index contributed by atoms with van der Waals surface area (Å²) in [5, 5.41) is 11.0. The molecular formula is C18H18F3N7. The molecule has 7 nitrogen and oxygen atoms in total. The zero-order chi connectivity index (χ0) is 19.3. The molecule has 2 saturated heterocycles. The van der Waals surface area contributed by atoms with Gasteiger partial charge in [0.05, 0.1) is 0 Å². The molecule has 0 spiro atoms. The summed E-state index contributed by atoms with van der Waals surface area (Å²) >= 11 is 0. The van der Waals surface area contributed by atoms with Crippen LogP contribution < -0.4 is 4.90 Å². The van der Waals surface area contributed by atoms with Crippen molar-refractivity contribution in [2.24, 2.45) is 11.8 Å². The van der Waals surface area contributed by atoms with Gasteiger partial charge in [-0.25, -0.2) is 0 Å². The van der Waals surface area contributed by atoms with E-state index in [4.69, 9.17) is 0 Å². The molecule has 2 unspecified atom stereocenters. The lowest BCUT2D eigenvalue weighted by Gasteiger charge is -2.22. The van der Waals surface area contributed by atoms with Gasteiger partial charge >= 0.3 is 6.18 Å². The second kappa shape index (κ2) is 6.40. The van der Waals surface area contributed by atoms with Gasteiger partial charge in [-0.15, -0.1) is 15.3 Å². The summed E-state index contributed by atoms with van der Waals surface area (Å²) in [5.74, 6) is 0.409. The molecule has 2 fully saturated rings. The number of pyridine rings is 1. The highest BCUT2D eigenvalue weighted by Crippen LogP contribution is 2.34. The number of rotatable bonds is 3. The van der Waals surface area contributed by atoms with Gasteiger partial charge in [-0.1, -0.05) is 6.07 Å². The topological polar surface area (TPSA) is 62.5 Å². The highest BCUT2D eigenvalue weighted by molar-refractivity contribution is 5.47. The first-order valence-corrected chi connectivity index (χ1v) is 9.13. The van der Waals surface area contributed by atoms with Crippen LogP contribution in [-0.4, -0.2) is 55.9 Å². The molecule has 0 aliphatic carbocycles. The average molecular weight is 389 g/mol. The number of alkyl halides is 3. The van der Waals surface area contributed by atoms with Crippen molar-refractivity contribution in [3.05, 3.63) is 48.0 Å². The number of anilines is 1. The number of aromatic nitrogens is 5. The molecule has 3 aromatic heterocycles. The number of fused-ring (bicyclic) bond motifs is 2. The Morgan fingerprint density at radius 3 is 2.46 bits per heavy atom. The average Bonchev–Trinajstić information content (AvgIpc) is 3.33. The maximum atomic E-state index is 13.1. The Morgan fingerprint density at radius 1 is 1.00 bits per heavy atom. The minimum absolute atomic E-state index is 0.0955. The molecule has 10 heteroatoms. The van der Waals surface area contributed by atoms with Crippen molar-refractivity contribution in [1.82, 2.24) is 29.7 Å². The SMILES string of the molecule is FC(F)(F)c1nnc2ccc(N3CC4CN(Cc5cccnc5)CC4C3)nn12. The van der Waals surface area contributed by atoms with Crippen molar-refractivity contribution in [2.75, 3.05) is 31.1 Å². The van der Waals surface area contributed by atoms with E-state index < -0.39 is 12.0 Å². The molecular weight excluding hydrogens is 371 g/mol. The third kappa shape index (κ3) is 3.07. The van der Waals surface area contributed by atoms with E-state index in [2.05, 4.69) is 36.1 Å². The van der Waals surface area contributed by atoms with Crippen LogP contribution in [0.3, 0.4) is 0 Å². The van der Waals surface area contributed by atoms with E-state index in [-0.39, 0.29) is 5.65 Å². The van der Waals surface area contributed by atoms with E-state index in [0.29, 0.717) is 17.7 Å². The first kappa shape index (κ1) is 17.4. The molecule has 2 atom stereocenters. The number of hydrogen-bond donors (Lipinski definition) is 0. The number of nitrogens with zero attached hydrogens (tertiary/aromatic N) is 7. The van der Waals surface area contributed by atoms with Crippen molar-refractivity contribution in [1.29, 1.82) is 0 Å². The van der Waals surface area contributed by atoms with Gasteiger partial charge in [0.25, 0.3) is 5.82 Å². The largest absolute Gasteiger partial charge is 0.453 e. The second-order valence-electron chi connectivity index (χ2n) is 7.46. The molecule has 0 amide bonds. The Labute approximate surface area is 158 Å². The van der Waals surface area contributed by atoms with Gasteiger partial charge in [-0.05, 0) is 35.6 Å². The van der Waals surface area contributed by atoms with Gasteiger partial charge in [0.15, 0.2) is 5.65 Å². The molecule has 28 heavy (non-hydrogen) atoms. The summed E-state index contributed by atoms with van der Waals surface area (Å²) in [6, 6.07) is 7.27. The van der Waals surface area contributed by atoms with Crippen LogP contribution in [0.15, 0.2) is 36.7 Å². The molecule has 5 rings (SSSR count). The van der Waals surface area contributed by atoms with Gasteiger partial charge in [0.2, 0.25) is 0 Å². The maximum absolute atomic E-state index is 13.1. The van der Waals surface area contributed by atoms with E-state index in [0.717, 1.165) is 37.2 Å². The molecule has 3 aromatic rings. The minimum atomic E-state index is -4.58. The number of halogens is 3. The smallest absolute Gasteiger partial charge is 0.355 e. The fourth-order valence-corrected chi connectivity index (χ4v) is 4.28. The van der Waals surface area contributed by atoms with Crippen LogP contribution in [0.5, 0.6) is 0 Å². The summed E-state index contributed by atoms with van der Waals surface area (Å²) in [6.45, 7) is 4.39. The molecule has 5 heterocycles. The van der Waals surface area contributed by atoms with E-state index >= 15 is 0 Å². The van der Waals surface area contributed by atoms with Crippen molar-refractivity contribution < 1.29 is 13.2 Å². The summed E-state index contributed by atoms with van der Waals surface area (Å²) in [6.07, 6.45) is -0.930. The number of hydrogen-bond acceptors (Lipinski definition) is 6. The monoisotopic (exact) mass is 389 g/mol. The Kier molecular flexibility index (Phi) is 3.97. The lowest BCUT2D eigenvalue weighted by atomic mass is 10.0. The van der Waals surface area contributed by atoms with E-state index in [1.165, 1.54) is 11.6 Å². The quantitative estimate of drug-likeness (QED) is 0.684. The van der Waals surface area contributed by atoms with Gasteiger partial charge in [-0.2, -0.15) is 17.7 Å². The fraction of sp³-hybridized carbons (Fsp3) is 0.444. The third-order valence-electron chi connectivity index (χ3n) is 5.52. The lowest BCUT2D eigenvalue weighted by Crippen LogP contribution is -2.29. The molecule has 2 aliphatic rings. The highest BCUT2D eigenvalue weighted by Gasteiger charge is 2.41. The van der Waals surface area contributed by atoms with Crippen LogP contribution >= 0.6 is 0 Å². The zero-order valence-electron chi connectivity index (χ0n) is 14.9. The highest BCUT2D eigenvalue weighted by atomic mass is 19.4. The summed E-state index contributed by atoms with van der Waals surface area (Å²) in [4.78, 5) is 8.64. The van der Waals surface area contributed by atoms with Crippen LogP contribution in [0.4, 0.5) is 19.0 Å². The van der Waals surface area contributed by atoms with Crippen LogP contribution in [-0.2, 0) is 12.7 Å². The molecule has 0 radical (unpaired) electrons. The van der Waals surface area contributed by atoms with Crippen molar-refractivity contribution in [2.45, 2.75) is 12.7 Å². The predicted molar refractivity (Wildman–Crippen MR) is 94.5 cm³/mol. The minimum Gasteiger partial charge on any atom is -0.355 e. The van der Waals surface area contributed by atoms with Crippen LogP contribution in [0.1, 0.15) is 11.4 Å². The van der Waals surface area contributed by atoms with Crippen LogP contribution in [0.2, 0.25) is 0 Å². The molecule has 0 saturated carbocycles. The molecule has 2 aliphatic heterocycles.